The Morgan fingerprint density at radius 3 is 2.11 bits per heavy atom. The van der Waals surface area contributed by atoms with Crippen LogP contribution in [0.2, 0.25) is 0 Å². The molecule has 0 aliphatic heterocycles. The van der Waals surface area contributed by atoms with Gasteiger partial charge in [0, 0.05) is 24.2 Å². The molecule has 7 nitrogen and oxygen atoms in total. The van der Waals surface area contributed by atoms with E-state index in [1.54, 1.807) is 12.1 Å². The summed E-state index contributed by atoms with van der Waals surface area (Å²) in [6.45, 7) is 4.03. The molecule has 0 unspecified atom stereocenters. The van der Waals surface area contributed by atoms with Gasteiger partial charge in [0.25, 0.3) is 0 Å². The Morgan fingerprint density at radius 1 is 1.04 bits per heavy atom. The van der Waals surface area contributed by atoms with Gasteiger partial charge in [-0.1, -0.05) is 6.07 Å². The summed E-state index contributed by atoms with van der Waals surface area (Å²) < 4.78 is 25.7. The van der Waals surface area contributed by atoms with Gasteiger partial charge >= 0.3 is 0 Å². The fourth-order valence-electron chi connectivity index (χ4n) is 2.91. The Bertz CT molecular complexity index is 949. The number of primary amides is 1. The van der Waals surface area contributed by atoms with Crippen molar-refractivity contribution < 1.29 is 18.0 Å². The van der Waals surface area contributed by atoms with Gasteiger partial charge in [0.2, 0.25) is 21.8 Å². The number of nitrogens with zero attached hydrogens (tertiary/aromatic N) is 1. The van der Waals surface area contributed by atoms with Crippen molar-refractivity contribution in [3.8, 4) is 0 Å². The normalized spacial score (nSPS) is 11.1. The van der Waals surface area contributed by atoms with E-state index in [-0.39, 0.29) is 18.9 Å². The van der Waals surface area contributed by atoms with E-state index in [1.165, 1.54) is 16.4 Å². The first-order valence-corrected chi connectivity index (χ1v) is 10.7. The molecule has 2 rings (SSSR count). The van der Waals surface area contributed by atoms with Crippen LogP contribution in [0.25, 0.3) is 0 Å². The summed E-state index contributed by atoms with van der Waals surface area (Å²) in [6, 6.07) is 11.9. The van der Waals surface area contributed by atoms with Gasteiger partial charge in [0.05, 0.1) is 11.9 Å². The molecule has 2 aromatic rings. The third-order valence-electron chi connectivity index (χ3n) is 4.11. The van der Waals surface area contributed by atoms with Gasteiger partial charge in [-0.05, 0) is 67.8 Å². The molecule has 0 aromatic heterocycles. The zero-order valence-electron chi connectivity index (χ0n) is 16.2. The highest BCUT2D eigenvalue weighted by atomic mass is 32.2. The maximum absolute atomic E-state index is 12.2. The Labute approximate surface area is 165 Å². The number of rotatable bonds is 8. The van der Waals surface area contributed by atoms with Crippen LogP contribution in [0, 0.1) is 13.8 Å². The lowest BCUT2D eigenvalue weighted by Crippen LogP contribution is -2.31. The summed E-state index contributed by atoms with van der Waals surface area (Å²) in [4.78, 5) is 23.2. The van der Waals surface area contributed by atoms with Crippen LogP contribution in [-0.4, -0.2) is 33.0 Å². The predicted molar refractivity (Wildman–Crippen MR) is 111 cm³/mol. The van der Waals surface area contributed by atoms with Crippen LogP contribution >= 0.6 is 0 Å². The van der Waals surface area contributed by atoms with Gasteiger partial charge in [-0.15, -0.1) is 0 Å². The molecule has 28 heavy (non-hydrogen) atoms. The maximum Gasteiger partial charge on any atom is 0.248 e. The molecule has 150 valence electrons. The Kier molecular flexibility index (Phi) is 6.80. The van der Waals surface area contributed by atoms with Crippen LogP contribution in [0.3, 0.4) is 0 Å². The van der Waals surface area contributed by atoms with Gasteiger partial charge in [-0.25, -0.2) is 8.42 Å². The van der Waals surface area contributed by atoms with Crippen molar-refractivity contribution in [1.29, 1.82) is 0 Å². The first-order valence-electron chi connectivity index (χ1n) is 8.82. The molecule has 0 heterocycles. The van der Waals surface area contributed by atoms with E-state index < -0.39 is 15.9 Å². The van der Waals surface area contributed by atoms with Crippen molar-refractivity contribution in [1.82, 2.24) is 0 Å². The number of aryl methyl sites for hydroxylation is 2. The summed E-state index contributed by atoms with van der Waals surface area (Å²) in [6.07, 6.45) is 1.69. The highest BCUT2D eigenvalue weighted by Gasteiger charge is 2.18. The molecular weight excluding hydrogens is 378 g/mol. The molecule has 0 aliphatic carbocycles. The Hall–Kier alpha value is -2.87. The first kappa shape index (κ1) is 21.4. The van der Waals surface area contributed by atoms with E-state index in [4.69, 9.17) is 5.73 Å². The van der Waals surface area contributed by atoms with Crippen LogP contribution in [0.5, 0.6) is 0 Å². The van der Waals surface area contributed by atoms with Crippen molar-refractivity contribution in [2.24, 2.45) is 5.73 Å². The van der Waals surface area contributed by atoms with Crippen LogP contribution < -0.4 is 15.4 Å². The molecular formula is C20H25N3O4S. The summed E-state index contributed by atoms with van der Waals surface area (Å²) in [5.41, 5.74) is 8.63. The van der Waals surface area contributed by atoms with Crippen LogP contribution in [0.1, 0.15) is 34.3 Å². The number of nitrogens with one attached hydrogen (secondary N) is 1. The number of nitrogens with two attached hydrogens (primary N) is 1. The zero-order chi connectivity index (χ0) is 20.9. The Balaban J connectivity index is 1.98. The minimum atomic E-state index is -3.46. The van der Waals surface area contributed by atoms with E-state index in [9.17, 15) is 18.0 Å². The summed E-state index contributed by atoms with van der Waals surface area (Å²) in [7, 11) is -3.46. The smallest absolute Gasteiger partial charge is 0.248 e. The number of hydrogen-bond donors (Lipinski definition) is 2. The van der Waals surface area contributed by atoms with Crippen molar-refractivity contribution in [2.45, 2.75) is 26.7 Å². The molecule has 3 N–H and O–H groups in total. The van der Waals surface area contributed by atoms with E-state index in [0.717, 1.165) is 17.4 Å². The average molecular weight is 404 g/mol. The quantitative estimate of drug-likeness (QED) is 0.706. The van der Waals surface area contributed by atoms with E-state index in [2.05, 4.69) is 5.32 Å². The van der Waals surface area contributed by atoms with Crippen molar-refractivity contribution >= 4 is 33.2 Å². The lowest BCUT2D eigenvalue weighted by Gasteiger charge is -2.23. The largest absolute Gasteiger partial charge is 0.366 e. The second kappa shape index (κ2) is 8.88. The molecule has 8 heteroatoms. The third-order valence-corrected chi connectivity index (χ3v) is 5.31. The number of hydrogen-bond acceptors (Lipinski definition) is 4. The molecule has 2 amide bonds. The van der Waals surface area contributed by atoms with Crippen LogP contribution in [-0.2, 0) is 14.8 Å². The van der Waals surface area contributed by atoms with Crippen molar-refractivity contribution in [3.63, 3.8) is 0 Å². The SMILES string of the molecule is Cc1cc(C)cc(N(CCCC(=O)Nc2ccc(C(N)=O)cc2)S(C)(=O)=O)c1. The standard InChI is InChI=1S/C20H25N3O4S/c1-14-11-15(2)13-18(12-14)23(28(3,26)27)10-4-5-19(24)22-17-8-6-16(7-9-17)20(21)25/h6-9,11-13H,4-5,10H2,1-3H3,(H2,21,25)(H,22,24). The predicted octanol–water partition coefficient (Wildman–Crippen LogP) is 2.59. The highest BCUT2D eigenvalue weighted by Crippen LogP contribution is 2.22. The molecule has 0 saturated heterocycles. The number of amides is 2. The second-order valence-corrected chi connectivity index (χ2v) is 8.68. The summed E-state index contributed by atoms with van der Waals surface area (Å²) in [5, 5.41) is 2.72. The lowest BCUT2D eigenvalue weighted by atomic mass is 10.1. The van der Waals surface area contributed by atoms with Gasteiger partial charge in [-0.2, -0.15) is 0 Å². The van der Waals surface area contributed by atoms with Gasteiger partial charge in [-0.3, -0.25) is 13.9 Å². The molecule has 0 aliphatic rings. The number of anilines is 2. The Morgan fingerprint density at radius 2 is 1.61 bits per heavy atom. The summed E-state index contributed by atoms with van der Waals surface area (Å²) in [5.74, 6) is -0.772. The minimum Gasteiger partial charge on any atom is -0.366 e. The molecule has 0 saturated carbocycles. The molecule has 0 bridgehead atoms. The third kappa shape index (κ3) is 6.09. The molecule has 0 radical (unpaired) electrons. The number of carbonyl (C=O) groups is 2. The molecule has 0 spiro atoms. The fourth-order valence-corrected chi connectivity index (χ4v) is 3.85. The van der Waals surface area contributed by atoms with Crippen molar-refractivity contribution in [2.75, 3.05) is 22.4 Å². The van der Waals surface area contributed by atoms with Gasteiger partial charge < -0.3 is 11.1 Å². The first-order chi connectivity index (χ1) is 13.1. The van der Waals surface area contributed by atoms with E-state index >= 15 is 0 Å². The minimum absolute atomic E-state index is 0.161. The van der Waals surface area contributed by atoms with E-state index in [1.807, 2.05) is 32.0 Å². The van der Waals surface area contributed by atoms with Gasteiger partial charge in [0.1, 0.15) is 0 Å². The highest BCUT2D eigenvalue weighted by molar-refractivity contribution is 7.92. The number of carbonyl (C=O) groups excluding carboxylic acids is 2. The zero-order valence-corrected chi connectivity index (χ0v) is 17.0. The molecule has 0 atom stereocenters. The number of sulfonamides is 1. The van der Waals surface area contributed by atoms with Crippen LogP contribution in [0.4, 0.5) is 11.4 Å². The van der Waals surface area contributed by atoms with E-state index in [0.29, 0.717) is 23.4 Å². The summed E-state index contributed by atoms with van der Waals surface area (Å²) >= 11 is 0. The monoisotopic (exact) mass is 403 g/mol. The van der Waals surface area contributed by atoms with Crippen molar-refractivity contribution in [3.05, 3.63) is 59.2 Å². The van der Waals surface area contributed by atoms with Crippen LogP contribution in [0.15, 0.2) is 42.5 Å². The topological polar surface area (TPSA) is 110 Å². The second-order valence-electron chi connectivity index (χ2n) is 6.77. The van der Waals surface area contributed by atoms with Gasteiger partial charge in [0.15, 0.2) is 0 Å². The fraction of sp³-hybridized carbons (Fsp3) is 0.300. The number of benzene rings is 2. The maximum atomic E-state index is 12.2. The molecule has 0 fully saturated rings. The molecule has 2 aromatic carbocycles. The average Bonchev–Trinajstić information content (AvgIpc) is 2.57. The lowest BCUT2D eigenvalue weighted by molar-refractivity contribution is -0.116.